The SMILES string of the molecule is O=C(c1cc(C(F)(F)F)cc(C(F)(F)F)c1)C1CC1. The van der Waals surface area contributed by atoms with Gasteiger partial charge in [0.25, 0.3) is 0 Å². The standard InChI is InChI=1S/C12H8F6O/c13-11(14,15)8-3-7(10(19)6-1-2-6)4-9(5-8)12(16,17)18/h3-6H,1-2H2. The lowest BCUT2D eigenvalue weighted by Crippen LogP contribution is -2.14. The van der Waals surface area contributed by atoms with Crippen molar-refractivity contribution in [3.63, 3.8) is 0 Å². The molecule has 0 bridgehead atoms. The summed E-state index contributed by atoms with van der Waals surface area (Å²) in [6.45, 7) is 0. The average molecular weight is 282 g/mol. The molecule has 1 nitrogen and oxygen atoms in total. The Morgan fingerprint density at radius 2 is 1.32 bits per heavy atom. The first-order valence-corrected chi connectivity index (χ1v) is 5.43. The molecule has 0 heterocycles. The minimum atomic E-state index is -4.92. The fraction of sp³-hybridized carbons (Fsp3) is 0.417. The van der Waals surface area contributed by atoms with Gasteiger partial charge in [0.05, 0.1) is 11.1 Å². The minimum absolute atomic E-state index is 0.0175. The van der Waals surface area contributed by atoms with Crippen molar-refractivity contribution in [2.24, 2.45) is 5.92 Å². The van der Waals surface area contributed by atoms with E-state index in [1.807, 2.05) is 0 Å². The Balaban J connectivity index is 2.51. The zero-order chi connectivity index (χ0) is 14.4. The Kier molecular flexibility index (Phi) is 3.10. The molecule has 1 aromatic carbocycles. The van der Waals surface area contributed by atoms with Gasteiger partial charge in [-0.2, -0.15) is 26.3 Å². The minimum Gasteiger partial charge on any atom is -0.294 e. The van der Waals surface area contributed by atoms with Crippen LogP contribution in [0.25, 0.3) is 0 Å². The molecule has 0 amide bonds. The first-order valence-electron chi connectivity index (χ1n) is 5.43. The molecule has 0 aliphatic heterocycles. The number of halogens is 6. The van der Waals surface area contributed by atoms with E-state index in [0.29, 0.717) is 25.0 Å². The Morgan fingerprint density at radius 1 is 0.895 bits per heavy atom. The van der Waals surface area contributed by atoms with E-state index in [4.69, 9.17) is 0 Å². The molecule has 1 fully saturated rings. The van der Waals surface area contributed by atoms with Gasteiger partial charge in [-0.1, -0.05) is 0 Å². The number of carbonyl (C=O) groups is 1. The van der Waals surface area contributed by atoms with Gasteiger partial charge in [-0.3, -0.25) is 4.79 Å². The highest BCUT2D eigenvalue weighted by atomic mass is 19.4. The fourth-order valence-electron chi connectivity index (χ4n) is 1.68. The van der Waals surface area contributed by atoms with Gasteiger partial charge in [-0.05, 0) is 31.0 Å². The topological polar surface area (TPSA) is 17.1 Å². The van der Waals surface area contributed by atoms with Gasteiger partial charge in [-0.25, -0.2) is 0 Å². The first kappa shape index (κ1) is 13.9. The lowest BCUT2D eigenvalue weighted by molar-refractivity contribution is -0.143. The molecule has 7 heteroatoms. The summed E-state index contributed by atoms with van der Waals surface area (Å²) in [5, 5.41) is 0. The molecular formula is C12H8F6O. The predicted molar refractivity (Wildman–Crippen MR) is 53.5 cm³/mol. The van der Waals surface area contributed by atoms with Crippen LogP contribution in [0.15, 0.2) is 18.2 Å². The summed E-state index contributed by atoms with van der Waals surface area (Å²) in [6, 6.07) is 0.982. The van der Waals surface area contributed by atoms with Gasteiger partial charge in [0.2, 0.25) is 0 Å². The largest absolute Gasteiger partial charge is 0.416 e. The lowest BCUT2D eigenvalue weighted by atomic mass is 10.00. The zero-order valence-electron chi connectivity index (χ0n) is 9.40. The second-order valence-corrected chi connectivity index (χ2v) is 4.43. The van der Waals surface area contributed by atoms with Crippen LogP contribution in [0.5, 0.6) is 0 Å². The van der Waals surface area contributed by atoms with E-state index in [0.717, 1.165) is 0 Å². The first-order chi connectivity index (χ1) is 8.59. The van der Waals surface area contributed by atoms with Crippen molar-refractivity contribution in [3.8, 4) is 0 Å². The Hall–Kier alpha value is -1.53. The zero-order valence-corrected chi connectivity index (χ0v) is 9.40. The number of alkyl halides is 6. The Bertz CT molecular complexity index is 478. The molecule has 19 heavy (non-hydrogen) atoms. The fourth-order valence-corrected chi connectivity index (χ4v) is 1.68. The molecule has 0 N–H and O–H groups in total. The van der Waals surface area contributed by atoms with E-state index < -0.39 is 40.7 Å². The molecule has 0 aromatic heterocycles. The monoisotopic (exact) mass is 282 g/mol. The predicted octanol–water partition coefficient (Wildman–Crippen LogP) is 4.32. The van der Waals surface area contributed by atoms with Crippen molar-refractivity contribution >= 4 is 5.78 Å². The maximum atomic E-state index is 12.5. The third-order valence-corrected chi connectivity index (χ3v) is 2.82. The summed E-state index contributed by atoms with van der Waals surface area (Å²) in [4.78, 5) is 11.6. The summed E-state index contributed by atoms with van der Waals surface area (Å²) in [7, 11) is 0. The van der Waals surface area contributed by atoms with Crippen LogP contribution in [0.3, 0.4) is 0 Å². The highest BCUT2D eigenvalue weighted by molar-refractivity contribution is 5.99. The van der Waals surface area contributed by atoms with Gasteiger partial charge in [0, 0.05) is 11.5 Å². The van der Waals surface area contributed by atoms with Crippen LogP contribution in [0.2, 0.25) is 0 Å². The molecular weight excluding hydrogens is 274 g/mol. The van der Waals surface area contributed by atoms with E-state index in [9.17, 15) is 31.1 Å². The average Bonchev–Trinajstić information content (AvgIpc) is 3.09. The van der Waals surface area contributed by atoms with Crippen molar-refractivity contribution in [2.45, 2.75) is 25.2 Å². The van der Waals surface area contributed by atoms with E-state index in [1.54, 1.807) is 0 Å². The third kappa shape index (κ3) is 3.08. The molecule has 1 aliphatic carbocycles. The molecule has 2 rings (SSSR count). The lowest BCUT2D eigenvalue weighted by Gasteiger charge is -2.13. The molecule has 0 radical (unpaired) electrons. The maximum Gasteiger partial charge on any atom is 0.416 e. The van der Waals surface area contributed by atoms with Crippen LogP contribution in [0, 0.1) is 5.92 Å². The molecule has 104 valence electrons. The van der Waals surface area contributed by atoms with Gasteiger partial charge >= 0.3 is 12.4 Å². The highest BCUT2D eigenvalue weighted by Crippen LogP contribution is 2.39. The van der Waals surface area contributed by atoms with E-state index >= 15 is 0 Å². The molecule has 0 spiro atoms. The van der Waals surface area contributed by atoms with Crippen molar-refractivity contribution in [2.75, 3.05) is 0 Å². The van der Waals surface area contributed by atoms with E-state index in [2.05, 4.69) is 0 Å². The molecule has 1 saturated carbocycles. The van der Waals surface area contributed by atoms with Crippen LogP contribution < -0.4 is 0 Å². The number of hydrogen-bond acceptors (Lipinski definition) is 1. The van der Waals surface area contributed by atoms with E-state index in [-0.39, 0.29) is 6.07 Å². The van der Waals surface area contributed by atoms with Crippen LogP contribution in [0.1, 0.15) is 34.3 Å². The van der Waals surface area contributed by atoms with E-state index in [1.165, 1.54) is 0 Å². The van der Waals surface area contributed by atoms with Gasteiger partial charge in [0.1, 0.15) is 0 Å². The summed E-state index contributed by atoms with van der Waals surface area (Å²) in [5.41, 5.74) is -3.43. The number of benzene rings is 1. The molecule has 0 unspecified atom stereocenters. The van der Waals surface area contributed by atoms with Crippen molar-refractivity contribution in [1.82, 2.24) is 0 Å². The number of carbonyl (C=O) groups excluding carboxylic acids is 1. The van der Waals surface area contributed by atoms with Crippen LogP contribution in [0.4, 0.5) is 26.3 Å². The Labute approximate surface area is 104 Å². The molecule has 1 aliphatic rings. The van der Waals surface area contributed by atoms with Crippen molar-refractivity contribution in [3.05, 3.63) is 34.9 Å². The van der Waals surface area contributed by atoms with Crippen LogP contribution >= 0.6 is 0 Å². The number of Topliss-reactive ketones (excluding diaryl/α,β-unsaturated/α-hetero) is 1. The van der Waals surface area contributed by atoms with Gasteiger partial charge in [-0.15, -0.1) is 0 Å². The van der Waals surface area contributed by atoms with Crippen LogP contribution in [-0.4, -0.2) is 5.78 Å². The normalized spacial score (nSPS) is 16.5. The quantitative estimate of drug-likeness (QED) is 0.583. The summed E-state index contributed by atoms with van der Waals surface area (Å²) >= 11 is 0. The number of ketones is 1. The molecule has 0 atom stereocenters. The third-order valence-electron chi connectivity index (χ3n) is 2.82. The van der Waals surface area contributed by atoms with Crippen LogP contribution in [-0.2, 0) is 12.4 Å². The smallest absolute Gasteiger partial charge is 0.294 e. The highest BCUT2D eigenvalue weighted by Gasteiger charge is 2.39. The summed E-state index contributed by atoms with van der Waals surface area (Å²) in [5.74, 6) is -1.10. The van der Waals surface area contributed by atoms with Crippen molar-refractivity contribution in [1.29, 1.82) is 0 Å². The molecule has 1 aromatic rings. The second kappa shape index (κ2) is 4.25. The number of hydrogen-bond donors (Lipinski definition) is 0. The second-order valence-electron chi connectivity index (χ2n) is 4.43. The van der Waals surface area contributed by atoms with Gasteiger partial charge < -0.3 is 0 Å². The van der Waals surface area contributed by atoms with Crippen molar-refractivity contribution < 1.29 is 31.1 Å². The maximum absolute atomic E-state index is 12.5. The summed E-state index contributed by atoms with van der Waals surface area (Å²) in [6.07, 6.45) is -8.81. The summed E-state index contributed by atoms with van der Waals surface area (Å²) < 4.78 is 75.2. The molecule has 0 saturated heterocycles. The Morgan fingerprint density at radius 3 is 1.63 bits per heavy atom. The number of rotatable bonds is 2. The van der Waals surface area contributed by atoms with Gasteiger partial charge in [0.15, 0.2) is 5.78 Å².